The monoisotopic (exact) mass is 278 g/mol. The molecule has 20 heavy (non-hydrogen) atoms. The molecule has 1 heterocycles. The van der Waals surface area contributed by atoms with E-state index in [0.29, 0.717) is 6.10 Å². The molecule has 1 saturated heterocycles. The van der Waals surface area contributed by atoms with Gasteiger partial charge in [0.25, 0.3) is 0 Å². The largest absolute Gasteiger partial charge is 0.496 e. The van der Waals surface area contributed by atoms with Crippen molar-refractivity contribution in [2.75, 3.05) is 32.2 Å². The zero-order chi connectivity index (χ0) is 14.5. The third kappa shape index (κ3) is 3.44. The smallest absolute Gasteiger partial charge is 0.125 e. The topological polar surface area (TPSA) is 47.7 Å². The van der Waals surface area contributed by atoms with Crippen molar-refractivity contribution in [1.29, 1.82) is 0 Å². The first kappa shape index (κ1) is 15.1. The number of likely N-dealkylation sites (N-methyl/N-ethyl adjacent to an activating group) is 1. The van der Waals surface area contributed by atoms with Gasteiger partial charge in [0, 0.05) is 37.5 Å². The highest BCUT2D eigenvalue weighted by Crippen LogP contribution is 2.33. The Labute approximate surface area is 121 Å². The van der Waals surface area contributed by atoms with Crippen molar-refractivity contribution < 1.29 is 9.47 Å². The van der Waals surface area contributed by atoms with E-state index in [-0.39, 0.29) is 6.04 Å². The molecule has 4 nitrogen and oxygen atoms in total. The second-order valence-electron chi connectivity index (χ2n) is 5.55. The second kappa shape index (κ2) is 6.95. The molecule has 2 rings (SSSR count). The molecule has 4 heteroatoms. The van der Waals surface area contributed by atoms with Crippen LogP contribution >= 0.6 is 0 Å². The van der Waals surface area contributed by atoms with Gasteiger partial charge in [-0.15, -0.1) is 0 Å². The summed E-state index contributed by atoms with van der Waals surface area (Å²) in [5.74, 6) is 0.855. The van der Waals surface area contributed by atoms with Crippen molar-refractivity contribution in [1.82, 2.24) is 0 Å². The quantitative estimate of drug-likeness (QED) is 0.899. The van der Waals surface area contributed by atoms with Crippen LogP contribution in [0.25, 0.3) is 0 Å². The van der Waals surface area contributed by atoms with Gasteiger partial charge in [0.2, 0.25) is 0 Å². The Morgan fingerprint density at radius 2 is 2.25 bits per heavy atom. The summed E-state index contributed by atoms with van der Waals surface area (Å²) in [6, 6.07) is 6.02. The number of ether oxygens (including phenoxy) is 2. The fourth-order valence-corrected chi connectivity index (χ4v) is 2.86. The molecular weight excluding hydrogens is 252 g/mol. The SMILES string of the molecule is COc1cccc(N(C)CC2CCCCO2)c1[C@H](C)N. The Hall–Kier alpha value is -1.26. The minimum absolute atomic E-state index is 0.0594. The van der Waals surface area contributed by atoms with E-state index in [1.807, 2.05) is 19.1 Å². The summed E-state index contributed by atoms with van der Waals surface area (Å²) in [7, 11) is 3.79. The number of methoxy groups -OCH3 is 1. The van der Waals surface area contributed by atoms with Crippen molar-refractivity contribution in [2.45, 2.75) is 38.3 Å². The van der Waals surface area contributed by atoms with Crippen LogP contribution in [0, 0.1) is 0 Å². The van der Waals surface area contributed by atoms with Gasteiger partial charge in [0.05, 0.1) is 13.2 Å². The highest BCUT2D eigenvalue weighted by molar-refractivity contribution is 5.60. The highest BCUT2D eigenvalue weighted by atomic mass is 16.5. The predicted octanol–water partition coefficient (Wildman–Crippen LogP) is 2.72. The minimum atomic E-state index is -0.0594. The van der Waals surface area contributed by atoms with E-state index >= 15 is 0 Å². The van der Waals surface area contributed by atoms with Gasteiger partial charge in [-0.25, -0.2) is 0 Å². The van der Waals surface area contributed by atoms with Crippen molar-refractivity contribution in [3.8, 4) is 5.75 Å². The molecule has 1 aliphatic rings. The van der Waals surface area contributed by atoms with Gasteiger partial charge < -0.3 is 20.1 Å². The maximum atomic E-state index is 6.12. The van der Waals surface area contributed by atoms with Crippen molar-refractivity contribution in [3.05, 3.63) is 23.8 Å². The Morgan fingerprint density at radius 3 is 2.85 bits per heavy atom. The lowest BCUT2D eigenvalue weighted by atomic mass is 10.0. The summed E-state index contributed by atoms with van der Waals surface area (Å²) in [5.41, 5.74) is 8.32. The number of rotatable bonds is 5. The summed E-state index contributed by atoms with van der Waals surface area (Å²) in [6.45, 7) is 3.77. The third-order valence-corrected chi connectivity index (χ3v) is 3.88. The normalized spacial score (nSPS) is 20.5. The van der Waals surface area contributed by atoms with E-state index in [1.165, 1.54) is 12.8 Å². The van der Waals surface area contributed by atoms with Crippen LogP contribution in [0.3, 0.4) is 0 Å². The van der Waals surface area contributed by atoms with Crippen molar-refractivity contribution in [2.24, 2.45) is 5.73 Å². The van der Waals surface area contributed by atoms with Crippen LogP contribution in [0.2, 0.25) is 0 Å². The fraction of sp³-hybridized carbons (Fsp3) is 0.625. The van der Waals surface area contributed by atoms with E-state index in [4.69, 9.17) is 15.2 Å². The molecule has 0 spiro atoms. The van der Waals surface area contributed by atoms with Gasteiger partial charge in [-0.2, -0.15) is 0 Å². The summed E-state index contributed by atoms with van der Waals surface area (Å²) in [4.78, 5) is 2.23. The predicted molar refractivity (Wildman–Crippen MR) is 82.5 cm³/mol. The number of anilines is 1. The molecule has 1 aromatic carbocycles. The minimum Gasteiger partial charge on any atom is -0.496 e. The number of nitrogens with two attached hydrogens (primary N) is 1. The third-order valence-electron chi connectivity index (χ3n) is 3.88. The van der Waals surface area contributed by atoms with Crippen LogP contribution in [-0.4, -0.2) is 33.4 Å². The van der Waals surface area contributed by atoms with Crippen LogP contribution in [0.1, 0.15) is 37.8 Å². The molecule has 0 aromatic heterocycles. The molecule has 1 aliphatic heterocycles. The number of hydrogen-bond donors (Lipinski definition) is 1. The first-order valence-corrected chi connectivity index (χ1v) is 7.38. The Morgan fingerprint density at radius 1 is 1.45 bits per heavy atom. The average Bonchev–Trinajstić information content (AvgIpc) is 2.47. The molecule has 2 N–H and O–H groups in total. The lowest BCUT2D eigenvalue weighted by Gasteiger charge is -2.31. The van der Waals surface area contributed by atoms with Gasteiger partial charge in [-0.3, -0.25) is 0 Å². The Balaban J connectivity index is 2.17. The first-order valence-electron chi connectivity index (χ1n) is 7.38. The van der Waals surface area contributed by atoms with Gasteiger partial charge in [-0.05, 0) is 38.3 Å². The number of hydrogen-bond acceptors (Lipinski definition) is 4. The molecule has 112 valence electrons. The lowest BCUT2D eigenvalue weighted by Crippen LogP contribution is -2.34. The zero-order valence-electron chi connectivity index (χ0n) is 12.8. The van der Waals surface area contributed by atoms with Crippen LogP contribution in [0.5, 0.6) is 5.75 Å². The molecular formula is C16H26N2O2. The average molecular weight is 278 g/mol. The Kier molecular flexibility index (Phi) is 5.26. The molecule has 0 aliphatic carbocycles. The summed E-state index contributed by atoms with van der Waals surface area (Å²) >= 11 is 0. The van der Waals surface area contributed by atoms with Crippen molar-refractivity contribution >= 4 is 5.69 Å². The van der Waals surface area contributed by atoms with E-state index in [1.54, 1.807) is 7.11 Å². The summed E-state index contributed by atoms with van der Waals surface area (Å²) in [5, 5.41) is 0. The van der Waals surface area contributed by atoms with Crippen LogP contribution in [-0.2, 0) is 4.74 Å². The van der Waals surface area contributed by atoms with Gasteiger partial charge >= 0.3 is 0 Å². The summed E-state index contributed by atoms with van der Waals surface area (Å²) in [6.07, 6.45) is 3.91. The van der Waals surface area contributed by atoms with E-state index < -0.39 is 0 Å². The fourth-order valence-electron chi connectivity index (χ4n) is 2.86. The second-order valence-corrected chi connectivity index (χ2v) is 5.55. The number of nitrogens with zero attached hydrogens (tertiary/aromatic N) is 1. The molecule has 0 radical (unpaired) electrons. The van der Waals surface area contributed by atoms with E-state index in [0.717, 1.165) is 36.6 Å². The maximum Gasteiger partial charge on any atom is 0.125 e. The highest BCUT2D eigenvalue weighted by Gasteiger charge is 2.20. The lowest BCUT2D eigenvalue weighted by molar-refractivity contribution is 0.0216. The molecule has 0 saturated carbocycles. The van der Waals surface area contributed by atoms with E-state index in [2.05, 4.69) is 18.0 Å². The van der Waals surface area contributed by atoms with Gasteiger partial charge in [0.15, 0.2) is 0 Å². The molecule has 1 fully saturated rings. The van der Waals surface area contributed by atoms with Crippen LogP contribution in [0.4, 0.5) is 5.69 Å². The number of benzene rings is 1. The van der Waals surface area contributed by atoms with E-state index in [9.17, 15) is 0 Å². The zero-order valence-corrected chi connectivity index (χ0v) is 12.8. The summed E-state index contributed by atoms with van der Waals surface area (Å²) < 4.78 is 11.3. The molecule has 2 atom stereocenters. The molecule has 1 unspecified atom stereocenters. The molecule has 1 aromatic rings. The van der Waals surface area contributed by atoms with Crippen LogP contribution < -0.4 is 15.4 Å². The van der Waals surface area contributed by atoms with Crippen LogP contribution in [0.15, 0.2) is 18.2 Å². The van der Waals surface area contributed by atoms with Crippen molar-refractivity contribution in [3.63, 3.8) is 0 Å². The molecule has 0 amide bonds. The van der Waals surface area contributed by atoms with Gasteiger partial charge in [0.1, 0.15) is 5.75 Å². The first-order chi connectivity index (χ1) is 9.63. The maximum absolute atomic E-state index is 6.12. The van der Waals surface area contributed by atoms with Gasteiger partial charge in [-0.1, -0.05) is 6.07 Å². The Bertz CT molecular complexity index is 428. The standard InChI is InChI=1S/C16H26N2O2/c1-12(17)16-14(8-6-9-15(16)19-3)18(2)11-13-7-4-5-10-20-13/h6,8-9,12-13H,4-5,7,10-11,17H2,1-3H3/t12-,13?/m0/s1. The molecule has 0 bridgehead atoms.